The molecule has 2 N–H and O–H groups in total. The van der Waals surface area contributed by atoms with Crippen LogP contribution in [-0.4, -0.2) is 20.8 Å². The molecule has 1 aromatic rings. The van der Waals surface area contributed by atoms with E-state index in [1.54, 1.807) is 0 Å². The first-order valence-electron chi connectivity index (χ1n) is 7.48. The van der Waals surface area contributed by atoms with Crippen molar-refractivity contribution in [2.75, 3.05) is 12.4 Å². The van der Waals surface area contributed by atoms with Crippen LogP contribution in [0.1, 0.15) is 52.0 Å². The fourth-order valence-electron chi connectivity index (χ4n) is 1.98. The van der Waals surface area contributed by atoms with Crippen molar-refractivity contribution >= 4 is 10.0 Å². The Labute approximate surface area is 128 Å². The average molecular weight is 313 g/mol. The van der Waals surface area contributed by atoms with Crippen molar-refractivity contribution in [1.29, 1.82) is 0 Å². The van der Waals surface area contributed by atoms with Crippen LogP contribution in [0, 0.1) is 0 Å². The van der Waals surface area contributed by atoms with E-state index in [-0.39, 0.29) is 11.2 Å². The molecule has 0 saturated heterocycles. The molecule has 0 aromatic heterocycles. The normalized spacial score (nSPS) is 12.4. The van der Waals surface area contributed by atoms with Crippen LogP contribution in [0.5, 0.6) is 5.75 Å². The molecule has 0 saturated carbocycles. The summed E-state index contributed by atoms with van der Waals surface area (Å²) in [5.41, 5.74) is 1.50. The molecule has 0 aliphatic rings. The van der Waals surface area contributed by atoms with Gasteiger partial charge in [0.2, 0.25) is 10.0 Å². The average Bonchev–Trinajstić information content (AvgIpc) is 2.42. The Kier molecular flexibility index (Phi) is 6.68. The van der Waals surface area contributed by atoms with Gasteiger partial charge in [-0.15, -0.1) is 0 Å². The first-order valence-corrected chi connectivity index (χ1v) is 9.20. The van der Waals surface area contributed by atoms with Crippen molar-refractivity contribution in [3.8, 4) is 5.75 Å². The molecular formula is C16H27NO3S. The van der Waals surface area contributed by atoms with Gasteiger partial charge in [0.05, 0.1) is 12.4 Å². The number of benzene rings is 1. The summed E-state index contributed by atoms with van der Waals surface area (Å²) in [7, 11) is -3.33. The van der Waals surface area contributed by atoms with Gasteiger partial charge in [-0.05, 0) is 48.8 Å². The van der Waals surface area contributed by atoms with Crippen LogP contribution in [0.2, 0.25) is 0 Å². The lowest BCUT2D eigenvalue weighted by atomic mass is 9.82. The lowest BCUT2D eigenvalue weighted by Crippen LogP contribution is -2.16. The minimum Gasteiger partial charge on any atom is -0.494 e. The highest BCUT2D eigenvalue weighted by Gasteiger charge is 2.17. The van der Waals surface area contributed by atoms with Crippen LogP contribution in [0.4, 0.5) is 0 Å². The van der Waals surface area contributed by atoms with Crippen LogP contribution >= 0.6 is 0 Å². The summed E-state index contributed by atoms with van der Waals surface area (Å²) in [6.07, 6.45) is 3.32. The second-order valence-electron chi connectivity index (χ2n) is 6.04. The van der Waals surface area contributed by atoms with Crippen molar-refractivity contribution in [1.82, 2.24) is 0 Å². The minimum atomic E-state index is -3.33. The molecule has 0 radical (unpaired) electrons. The Bertz CT molecular complexity index is 521. The summed E-state index contributed by atoms with van der Waals surface area (Å²) < 4.78 is 27.2. The van der Waals surface area contributed by atoms with Gasteiger partial charge in [0.15, 0.2) is 0 Å². The van der Waals surface area contributed by atoms with E-state index >= 15 is 0 Å². The van der Waals surface area contributed by atoms with E-state index in [0.29, 0.717) is 13.0 Å². The number of hydrogen-bond donors (Lipinski definition) is 1. The Morgan fingerprint density at radius 3 is 2.24 bits per heavy atom. The Balaban J connectivity index is 2.31. The Morgan fingerprint density at radius 1 is 1.10 bits per heavy atom. The lowest BCUT2D eigenvalue weighted by molar-refractivity contribution is 0.306. The van der Waals surface area contributed by atoms with Crippen LogP contribution in [0.3, 0.4) is 0 Å². The number of hydrogen-bond acceptors (Lipinski definition) is 3. The molecule has 0 heterocycles. The highest BCUT2D eigenvalue weighted by molar-refractivity contribution is 7.89. The van der Waals surface area contributed by atoms with Gasteiger partial charge < -0.3 is 4.74 Å². The van der Waals surface area contributed by atoms with Gasteiger partial charge in [0.25, 0.3) is 0 Å². The molecule has 0 aliphatic carbocycles. The molecule has 4 nitrogen and oxygen atoms in total. The van der Waals surface area contributed by atoms with Crippen molar-refractivity contribution in [3.63, 3.8) is 0 Å². The molecule has 0 unspecified atom stereocenters. The van der Waals surface area contributed by atoms with E-state index in [4.69, 9.17) is 9.88 Å². The number of rotatable bonds is 9. The molecule has 120 valence electrons. The number of unbranched alkanes of at least 4 members (excludes halogenated alkanes) is 2. The van der Waals surface area contributed by atoms with E-state index in [1.165, 1.54) is 5.56 Å². The Hall–Kier alpha value is -1.07. The highest BCUT2D eigenvalue weighted by Crippen LogP contribution is 2.28. The standard InChI is InChI=1S/C16H27NO3S/c1-4-16(2,3)14-8-10-15(11-9-14)20-12-6-5-7-13-21(17,18)19/h8-11H,4-7,12-13H2,1-3H3,(H2,17,18,19). The molecule has 0 bridgehead atoms. The molecule has 21 heavy (non-hydrogen) atoms. The summed E-state index contributed by atoms with van der Waals surface area (Å²) in [6.45, 7) is 7.25. The number of sulfonamides is 1. The SMILES string of the molecule is CCC(C)(C)c1ccc(OCCCCCS(N)(=O)=O)cc1. The number of primary sulfonamides is 1. The lowest BCUT2D eigenvalue weighted by Gasteiger charge is -2.23. The maximum atomic E-state index is 10.8. The Morgan fingerprint density at radius 2 is 1.71 bits per heavy atom. The van der Waals surface area contributed by atoms with Crippen molar-refractivity contribution < 1.29 is 13.2 Å². The quantitative estimate of drug-likeness (QED) is 0.712. The summed E-state index contributed by atoms with van der Waals surface area (Å²) in [5, 5.41) is 4.94. The van der Waals surface area contributed by atoms with E-state index in [0.717, 1.165) is 25.0 Å². The van der Waals surface area contributed by atoms with Gasteiger partial charge in [-0.2, -0.15) is 0 Å². The first kappa shape index (κ1) is 18.0. The van der Waals surface area contributed by atoms with E-state index < -0.39 is 10.0 Å². The van der Waals surface area contributed by atoms with Crippen LogP contribution in [0.25, 0.3) is 0 Å². The number of ether oxygens (including phenoxy) is 1. The molecular weight excluding hydrogens is 286 g/mol. The summed E-state index contributed by atoms with van der Waals surface area (Å²) in [5.74, 6) is 0.908. The van der Waals surface area contributed by atoms with Crippen LogP contribution in [0.15, 0.2) is 24.3 Å². The van der Waals surface area contributed by atoms with Gasteiger partial charge in [-0.1, -0.05) is 32.9 Å². The van der Waals surface area contributed by atoms with E-state index in [9.17, 15) is 8.42 Å². The zero-order valence-electron chi connectivity index (χ0n) is 13.3. The summed E-state index contributed by atoms with van der Waals surface area (Å²) >= 11 is 0. The maximum absolute atomic E-state index is 10.8. The third-order valence-electron chi connectivity index (χ3n) is 3.86. The predicted molar refractivity (Wildman–Crippen MR) is 87.1 cm³/mol. The van der Waals surface area contributed by atoms with Crippen molar-refractivity contribution in [2.45, 2.75) is 51.9 Å². The third-order valence-corrected chi connectivity index (χ3v) is 4.72. The second kappa shape index (κ2) is 7.80. The van der Waals surface area contributed by atoms with Gasteiger partial charge in [-0.3, -0.25) is 0 Å². The van der Waals surface area contributed by atoms with E-state index in [1.807, 2.05) is 12.1 Å². The van der Waals surface area contributed by atoms with Crippen molar-refractivity contribution in [2.24, 2.45) is 5.14 Å². The molecule has 1 rings (SSSR count). The van der Waals surface area contributed by atoms with Gasteiger partial charge >= 0.3 is 0 Å². The minimum absolute atomic E-state index is 0.0494. The molecule has 0 atom stereocenters. The largest absolute Gasteiger partial charge is 0.494 e. The third kappa shape index (κ3) is 6.96. The smallest absolute Gasteiger partial charge is 0.209 e. The molecule has 0 aliphatic heterocycles. The second-order valence-corrected chi connectivity index (χ2v) is 7.77. The zero-order valence-corrected chi connectivity index (χ0v) is 14.1. The molecule has 0 amide bonds. The first-order chi connectivity index (χ1) is 9.74. The van der Waals surface area contributed by atoms with Crippen LogP contribution in [-0.2, 0) is 15.4 Å². The summed E-state index contributed by atoms with van der Waals surface area (Å²) in [4.78, 5) is 0. The number of nitrogens with two attached hydrogens (primary N) is 1. The molecule has 0 spiro atoms. The highest BCUT2D eigenvalue weighted by atomic mass is 32.2. The monoisotopic (exact) mass is 313 g/mol. The van der Waals surface area contributed by atoms with E-state index in [2.05, 4.69) is 32.9 Å². The molecule has 5 heteroatoms. The zero-order chi connectivity index (χ0) is 15.9. The van der Waals surface area contributed by atoms with Gasteiger partial charge in [0, 0.05) is 0 Å². The maximum Gasteiger partial charge on any atom is 0.209 e. The van der Waals surface area contributed by atoms with Crippen LogP contribution < -0.4 is 9.88 Å². The predicted octanol–water partition coefficient (Wildman–Crippen LogP) is 3.21. The fourth-order valence-corrected chi connectivity index (χ4v) is 2.59. The summed E-state index contributed by atoms with van der Waals surface area (Å²) in [6, 6.07) is 8.22. The molecule has 1 aromatic carbocycles. The fraction of sp³-hybridized carbons (Fsp3) is 0.625. The van der Waals surface area contributed by atoms with Crippen molar-refractivity contribution in [3.05, 3.63) is 29.8 Å². The van der Waals surface area contributed by atoms with Gasteiger partial charge in [-0.25, -0.2) is 13.6 Å². The van der Waals surface area contributed by atoms with Gasteiger partial charge in [0.1, 0.15) is 5.75 Å². The molecule has 0 fully saturated rings. The topological polar surface area (TPSA) is 69.4 Å².